The Kier molecular flexibility index (Phi) is 6.00. The van der Waals surface area contributed by atoms with Crippen LogP contribution in [-0.2, 0) is 10.0 Å². The predicted molar refractivity (Wildman–Crippen MR) is 137 cm³/mol. The molecular formula is C26H24N4O4S. The molecule has 4 aromatic rings. The van der Waals surface area contributed by atoms with Crippen LogP contribution in [0.5, 0.6) is 0 Å². The molecule has 1 aliphatic rings. The number of aromatic nitrogens is 1. The van der Waals surface area contributed by atoms with Gasteiger partial charge in [0.2, 0.25) is 0 Å². The van der Waals surface area contributed by atoms with Crippen molar-refractivity contribution in [1.29, 1.82) is 0 Å². The molecule has 0 spiro atoms. The molecule has 2 heterocycles. The van der Waals surface area contributed by atoms with Crippen molar-refractivity contribution in [2.45, 2.75) is 4.90 Å². The minimum absolute atomic E-state index is 0.0799. The van der Waals surface area contributed by atoms with Gasteiger partial charge in [-0.2, -0.15) is 0 Å². The van der Waals surface area contributed by atoms with Gasteiger partial charge in [0.15, 0.2) is 0 Å². The maximum atomic E-state index is 12.7. The zero-order chi connectivity index (χ0) is 24.4. The maximum Gasteiger partial charge on any atom is 0.336 e. The molecule has 0 aliphatic carbocycles. The molecule has 1 aliphatic heterocycles. The Balaban J connectivity index is 1.41. The lowest BCUT2D eigenvalue weighted by Crippen LogP contribution is -2.46. The van der Waals surface area contributed by atoms with Crippen molar-refractivity contribution in [2.24, 2.45) is 0 Å². The van der Waals surface area contributed by atoms with Crippen molar-refractivity contribution in [3.05, 3.63) is 90.5 Å². The highest BCUT2D eigenvalue weighted by Crippen LogP contribution is 2.28. The Morgan fingerprint density at radius 3 is 2.11 bits per heavy atom. The number of nitrogens with zero attached hydrogens (tertiary/aromatic N) is 3. The standard InChI is InChI=1S/C26H24N4O4S/c31-26(32)23-18-25(30-15-13-29(14-16-30)20-7-3-1-4-8-20)27-24-12-11-19(17-22(23)24)28-35(33,34)21-9-5-2-6-10-21/h1-12,17-18,28H,13-16H2,(H,31,32). The van der Waals surface area contributed by atoms with E-state index in [-0.39, 0.29) is 16.1 Å². The Labute approximate surface area is 203 Å². The van der Waals surface area contributed by atoms with Gasteiger partial charge in [-0.25, -0.2) is 18.2 Å². The average Bonchev–Trinajstić information content (AvgIpc) is 2.89. The molecule has 0 radical (unpaired) electrons. The summed E-state index contributed by atoms with van der Waals surface area (Å²) in [4.78, 5) is 21.3. The Morgan fingerprint density at radius 2 is 1.46 bits per heavy atom. The molecule has 0 atom stereocenters. The molecule has 9 heteroatoms. The number of rotatable bonds is 6. The molecular weight excluding hydrogens is 464 g/mol. The normalized spacial score (nSPS) is 14.2. The molecule has 2 N–H and O–H groups in total. The molecule has 1 aromatic heterocycles. The first-order chi connectivity index (χ1) is 16.9. The number of piperazine rings is 1. The zero-order valence-electron chi connectivity index (χ0n) is 18.8. The summed E-state index contributed by atoms with van der Waals surface area (Å²) in [6.07, 6.45) is 0. The fourth-order valence-corrected chi connectivity index (χ4v) is 5.33. The van der Waals surface area contributed by atoms with Gasteiger partial charge in [0.25, 0.3) is 10.0 Å². The van der Waals surface area contributed by atoms with Crippen LogP contribution >= 0.6 is 0 Å². The van der Waals surface area contributed by atoms with E-state index in [1.165, 1.54) is 18.2 Å². The first-order valence-electron chi connectivity index (χ1n) is 11.2. The lowest BCUT2D eigenvalue weighted by Gasteiger charge is -2.37. The van der Waals surface area contributed by atoms with E-state index < -0.39 is 16.0 Å². The minimum Gasteiger partial charge on any atom is -0.478 e. The number of hydrogen-bond donors (Lipinski definition) is 2. The van der Waals surface area contributed by atoms with Crippen molar-refractivity contribution in [1.82, 2.24) is 4.98 Å². The molecule has 0 saturated carbocycles. The fraction of sp³-hybridized carbons (Fsp3) is 0.154. The summed E-state index contributed by atoms with van der Waals surface area (Å²) in [5, 5.41) is 10.3. The van der Waals surface area contributed by atoms with Crippen molar-refractivity contribution < 1.29 is 18.3 Å². The van der Waals surface area contributed by atoms with Gasteiger partial charge in [0.1, 0.15) is 5.82 Å². The summed E-state index contributed by atoms with van der Waals surface area (Å²) in [5.41, 5.74) is 2.01. The van der Waals surface area contributed by atoms with E-state index in [0.717, 1.165) is 18.8 Å². The van der Waals surface area contributed by atoms with Crippen LogP contribution < -0.4 is 14.5 Å². The van der Waals surface area contributed by atoms with Crippen molar-refractivity contribution >= 4 is 44.1 Å². The van der Waals surface area contributed by atoms with Gasteiger partial charge in [0.05, 0.1) is 16.0 Å². The third-order valence-electron chi connectivity index (χ3n) is 6.06. The number of benzene rings is 3. The number of fused-ring (bicyclic) bond motifs is 1. The van der Waals surface area contributed by atoms with E-state index in [9.17, 15) is 18.3 Å². The molecule has 0 bridgehead atoms. The van der Waals surface area contributed by atoms with Crippen molar-refractivity contribution in [3.8, 4) is 0 Å². The van der Waals surface area contributed by atoms with Gasteiger partial charge < -0.3 is 14.9 Å². The van der Waals surface area contributed by atoms with Crippen molar-refractivity contribution in [3.63, 3.8) is 0 Å². The zero-order valence-corrected chi connectivity index (χ0v) is 19.6. The van der Waals surface area contributed by atoms with Crippen LogP contribution in [0.25, 0.3) is 10.9 Å². The fourth-order valence-electron chi connectivity index (χ4n) is 4.26. The molecule has 1 saturated heterocycles. The summed E-state index contributed by atoms with van der Waals surface area (Å²) in [5.74, 6) is -0.495. The average molecular weight is 489 g/mol. The summed E-state index contributed by atoms with van der Waals surface area (Å²) in [7, 11) is -3.80. The molecule has 0 amide bonds. The van der Waals surface area contributed by atoms with Crippen LogP contribution in [0, 0.1) is 0 Å². The second-order valence-corrected chi connectivity index (χ2v) is 9.98. The number of para-hydroxylation sites is 1. The first-order valence-corrected chi connectivity index (χ1v) is 12.7. The van der Waals surface area contributed by atoms with Gasteiger partial charge in [-0.05, 0) is 48.5 Å². The molecule has 178 valence electrons. The van der Waals surface area contributed by atoms with Gasteiger partial charge in [0, 0.05) is 42.9 Å². The number of aromatic carboxylic acids is 1. The van der Waals surface area contributed by atoms with E-state index in [1.807, 2.05) is 18.2 Å². The Bertz CT molecular complexity index is 1470. The number of nitrogens with one attached hydrogen (secondary N) is 1. The van der Waals surface area contributed by atoms with Gasteiger partial charge in [-0.1, -0.05) is 36.4 Å². The van der Waals surface area contributed by atoms with Crippen LogP contribution in [0.1, 0.15) is 10.4 Å². The van der Waals surface area contributed by atoms with Crippen LogP contribution in [-0.4, -0.2) is 50.7 Å². The second-order valence-electron chi connectivity index (χ2n) is 8.29. The highest BCUT2D eigenvalue weighted by molar-refractivity contribution is 7.92. The lowest BCUT2D eigenvalue weighted by atomic mass is 10.1. The number of carboxylic acids is 1. The number of sulfonamides is 1. The SMILES string of the molecule is O=C(O)c1cc(N2CCN(c3ccccc3)CC2)nc2ccc(NS(=O)(=O)c3ccccc3)cc12. The largest absolute Gasteiger partial charge is 0.478 e. The topological polar surface area (TPSA) is 103 Å². The smallest absolute Gasteiger partial charge is 0.336 e. The Morgan fingerprint density at radius 1 is 0.829 bits per heavy atom. The minimum atomic E-state index is -3.80. The quantitative estimate of drug-likeness (QED) is 0.422. The van der Waals surface area contributed by atoms with Gasteiger partial charge >= 0.3 is 5.97 Å². The molecule has 5 rings (SSSR count). The summed E-state index contributed by atoms with van der Waals surface area (Å²) < 4.78 is 27.9. The third-order valence-corrected chi connectivity index (χ3v) is 7.45. The molecule has 0 unspecified atom stereocenters. The van der Waals surface area contributed by atoms with Crippen LogP contribution in [0.15, 0.2) is 89.8 Å². The number of anilines is 3. The van der Waals surface area contributed by atoms with Crippen LogP contribution in [0.4, 0.5) is 17.2 Å². The maximum absolute atomic E-state index is 12.7. The molecule has 3 aromatic carbocycles. The molecule has 35 heavy (non-hydrogen) atoms. The Hall–Kier alpha value is -4.11. The van der Waals surface area contributed by atoms with E-state index in [4.69, 9.17) is 4.98 Å². The van der Waals surface area contributed by atoms with Gasteiger partial charge in [-0.15, -0.1) is 0 Å². The first kappa shape index (κ1) is 22.7. The van der Waals surface area contributed by atoms with Gasteiger partial charge in [-0.3, -0.25) is 4.72 Å². The highest BCUT2D eigenvalue weighted by atomic mass is 32.2. The van der Waals surface area contributed by atoms with E-state index in [2.05, 4.69) is 26.7 Å². The molecule has 1 fully saturated rings. The van der Waals surface area contributed by atoms with Crippen LogP contribution in [0.2, 0.25) is 0 Å². The van der Waals surface area contributed by atoms with E-state index >= 15 is 0 Å². The number of carboxylic acid groups (broad SMARTS) is 1. The van der Waals surface area contributed by atoms with Crippen LogP contribution in [0.3, 0.4) is 0 Å². The molecule has 8 nitrogen and oxygen atoms in total. The summed E-state index contributed by atoms with van der Waals surface area (Å²) in [6.45, 7) is 3.02. The number of carbonyl (C=O) groups is 1. The number of hydrogen-bond acceptors (Lipinski definition) is 6. The summed E-state index contributed by atoms with van der Waals surface area (Å²) >= 11 is 0. The predicted octanol–water partition coefficient (Wildman–Crippen LogP) is 4.06. The lowest BCUT2D eigenvalue weighted by molar-refractivity contribution is 0.0699. The second kappa shape index (κ2) is 9.27. The van der Waals surface area contributed by atoms with E-state index in [1.54, 1.807) is 36.4 Å². The number of pyridine rings is 1. The third kappa shape index (κ3) is 4.76. The van der Waals surface area contributed by atoms with E-state index in [0.29, 0.717) is 29.8 Å². The monoisotopic (exact) mass is 488 g/mol. The highest BCUT2D eigenvalue weighted by Gasteiger charge is 2.22. The van der Waals surface area contributed by atoms with Crippen molar-refractivity contribution in [2.75, 3.05) is 40.7 Å². The summed E-state index contributed by atoms with van der Waals surface area (Å²) in [6, 6.07) is 24.5.